The van der Waals surface area contributed by atoms with Crippen molar-refractivity contribution in [1.82, 2.24) is 28.8 Å². The highest BCUT2D eigenvalue weighted by molar-refractivity contribution is 5.90. The number of carbonyl (C=O) groups excluding carboxylic acids is 1. The molecule has 3 aromatic rings. The Labute approximate surface area is 185 Å². The molecule has 3 aromatic heterocycles. The zero-order valence-corrected chi connectivity index (χ0v) is 18.3. The van der Waals surface area contributed by atoms with Gasteiger partial charge in [0.05, 0.1) is 25.3 Å². The van der Waals surface area contributed by atoms with Crippen molar-refractivity contribution in [3.05, 3.63) is 41.7 Å². The minimum absolute atomic E-state index is 0.0541. The van der Waals surface area contributed by atoms with Crippen molar-refractivity contribution in [1.29, 1.82) is 0 Å². The van der Waals surface area contributed by atoms with Gasteiger partial charge < -0.3 is 24.1 Å². The lowest BCUT2D eigenvalue weighted by Crippen LogP contribution is -2.29. The number of nitrogens with zero attached hydrogens (tertiary/aromatic N) is 6. The standard InChI is InChI=1S/C22H27N7O3/c1-4-18(30)27-8-7-14(9-27)10-28-12-16(24-17-11-26(2)25-21(17)32-3)19-20(22(28)31)29(13-23-19)15-5-6-15/h4,11-15,24H,1,5-10H2,2-3H3. The summed E-state index contributed by atoms with van der Waals surface area (Å²) in [5.41, 5.74) is 2.62. The number of imidazole rings is 1. The summed E-state index contributed by atoms with van der Waals surface area (Å²) >= 11 is 0. The number of likely N-dealkylation sites (tertiary alicyclic amines) is 1. The molecule has 0 radical (unpaired) electrons. The molecule has 10 heteroatoms. The van der Waals surface area contributed by atoms with Gasteiger partial charge in [0.1, 0.15) is 16.7 Å². The van der Waals surface area contributed by atoms with Gasteiger partial charge >= 0.3 is 0 Å². The van der Waals surface area contributed by atoms with Crippen LogP contribution in [0, 0.1) is 5.92 Å². The number of fused-ring (bicyclic) bond motifs is 1. The van der Waals surface area contributed by atoms with Crippen LogP contribution in [0.4, 0.5) is 11.4 Å². The molecule has 1 unspecified atom stereocenters. The van der Waals surface area contributed by atoms with E-state index in [1.807, 2.05) is 24.0 Å². The summed E-state index contributed by atoms with van der Waals surface area (Å²) in [6, 6.07) is 0.330. The number of nitrogens with one attached hydrogen (secondary N) is 1. The van der Waals surface area contributed by atoms with Crippen LogP contribution in [0.25, 0.3) is 11.0 Å². The summed E-state index contributed by atoms with van der Waals surface area (Å²) in [6.07, 6.45) is 9.72. The molecule has 0 bridgehead atoms. The van der Waals surface area contributed by atoms with Crippen molar-refractivity contribution in [2.45, 2.75) is 31.8 Å². The molecule has 2 aliphatic rings. The normalized spacial score (nSPS) is 18.3. The predicted molar refractivity (Wildman–Crippen MR) is 120 cm³/mol. The molecule has 1 aliphatic heterocycles. The van der Waals surface area contributed by atoms with Crippen LogP contribution in [-0.4, -0.2) is 54.9 Å². The van der Waals surface area contributed by atoms with Crippen molar-refractivity contribution in [2.75, 3.05) is 25.5 Å². The molecule has 32 heavy (non-hydrogen) atoms. The van der Waals surface area contributed by atoms with Crippen LogP contribution in [0.15, 0.2) is 36.2 Å². The Balaban J connectivity index is 1.53. The van der Waals surface area contributed by atoms with E-state index in [4.69, 9.17) is 4.74 Å². The molecule has 4 heterocycles. The van der Waals surface area contributed by atoms with Crippen LogP contribution < -0.4 is 15.6 Å². The summed E-state index contributed by atoms with van der Waals surface area (Å²) in [5, 5.41) is 7.66. The Morgan fingerprint density at radius 3 is 2.84 bits per heavy atom. The SMILES string of the molecule is C=CC(=O)N1CCC(Cn2cc(Nc3cn(C)nc3OC)c3ncn(C4CC4)c3c2=O)C1. The first-order valence-electron chi connectivity index (χ1n) is 10.8. The Hall–Kier alpha value is -3.56. The van der Waals surface area contributed by atoms with Crippen molar-refractivity contribution in [3.63, 3.8) is 0 Å². The van der Waals surface area contributed by atoms with Crippen molar-refractivity contribution < 1.29 is 9.53 Å². The Kier molecular flexibility index (Phi) is 4.99. The van der Waals surface area contributed by atoms with Gasteiger partial charge in [-0.2, -0.15) is 0 Å². The fraction of sp³-hybridized carbons (Fsp3) is 0.455. The molecule has 2 fully saturated rings. The smallest absolute Gasteiger partial charge is 0.276 e. The number of rotatable bonds is 7. The topological polar surface area (TPSA) is 99.2 Å². The first-order chi connectivity index (χ1) is 15.5. The van der Waals surface area contributed by atoms with Gasteiger partial charge in [-0.3, -0.25) is 14.3 Å². The highest BCUT2D eigenvalue weighted by atomic mass is 16.5. The minimum atomic E-state index is -0.0619. The molecule has 0 aromatic carbocycles. The second-order valence-corrected chi connectivity index (χ2v) is 8.57. The molecule has 1 saturated heterocycles. The molecule has 1 saturated carbocycles. The van der Waals surface area contributed by atoms with Crippen LogP contribution in [0.2, 0.25) is 0 Å². The lowest BCUT2D eigenvalue weighted by Gasteiger charge is -2.17. The summed E-state index contributed by atoms with van der Waals surface area (Å²) in [4.78, 5) is 31.8. The lowest BCUT2D eigenvalue weighted by atomic mass is 10.1. The number of aromatic nitrogens is 5. The van der Waals surface area contributed by atoms with Gasteiger partial charge in [0, 0.05) is 38.9 Å². The second-order valence-electron chi connectivity index (χ2n) is 8.57. The largest absolute Gasteiger partial charge is 0.478 e. The molecule has 0 spiro atoms. The summed E-state index contributed by atoms with van der Waals surface area (Å²) < 4.78 is 10.8. The van der Waals surface area contributed by atoms with Gasteiger partial charge in [0.15, 0.2) is 0 Å². The van der Waals surface area contributed by atoms with Gasteiger partial charge in [-0.1, -0.05) is 6.58 Å². The summed E-state index contributed by atoms with van der Waals surface area (Å²) in [5.74, 6) is 0.606. The average molecular weight is 438 g/mol. The third-order valence-corrected chi connectivity index (χ3v) is 6.22. The zero-order chi connectivity index (χ0) is 22.4. The Bertz CT molecular complexity index is 1250. The van der Waals surface area contributed by atoms with E-state index in [-0.39, 0.29) is 17.4 Å². The van der Waals surface area contributed by atoms with E-state index < -0.39 is 0 Å². The molecule has 1 amide bonds. The number of anilines is 2. The minimum Gasteiger partial charge on any atom is -0.478 e. The molecule has 1 aliphatic carbocycles. The first-order valence-corrected chi connectivity index (χ1v) is 10.8. The maximum atomic E-state index is 13.5. The summed E-state index contributed by atoms with van der Waals surface area (Å²) in [7, 11) is 3.39. The van der Waals surface area contributed by atoms with Crippen LogP contribution in [-0.2, 0) is 18.4 Å². The average Bonchev–Trinajstić information content (AvgIpc) is 3.19. The van der Waals surface area contributed by atoms with Gasteiger partial charge in [0.2, 0.25) is 5.91 Å². The number of carbonyl (C=O) groups is 1. The van der Waals surface area contributed by atoms with Gasteiger partial charge in [-0.05, 0) is 31.3 Å². The number of methoxy groups -OCH3 is 1. The highest BCUT2D eigenvalue weighted by Gasteiger charge is 2.29. The number of amides is 1. The maximum absolute atomic E-state index is 13.5. The van der Waals surface area contributed by atoms with E-state index in [1.54, 1.807) is 27.6 Å². The Morgan fingerprint density at radius 1 is 1.31 bits per heavy atom. The molecular formula is C22H27N7O3. The number of hydrogen-bond acceptors (Lipinski definition) is 6. The molecule has 1 N–H and O–H groups in total. The van der Waals surface area contributed by atoms with E-state index in [2.05, 4.69) is 22.0 Å². The van der Waals surface area contributed by atoms with Crippen LogP contribution in [0.1, 0.15) is 25.3 Å². The number of pyridine rings is 1. The third-order valence-electron chi connectivity index (χ3n) is 6.22. The second kappa shape index (κ2) is 7.85. The third kappa shape index (κ3) is 3.55. The summed E-state index contributed by atoms with van der Waals surface area (Å²) in [6.45, 7) is 5.41. The van der Waals surface area contributed by atoms with E-state index in [0.29, 0.717) is 48.3 Å². The fourth-order valence-corrected chi connectivity index (χ4v) is 4.48. The van der Waals surface area contributed by atoms with Crippen molar-refractivity contribution in [2.24, 2.45) is 13.0 Å². The zero-order valence-electron chi connectivity index (χ0n) is 18.3. The van der Waals surface area contributed by atoms with E-state index in [9.17, 15) is 9.59 Å². The monoisotopic (exact) mass is 437 g/mol. The van der Waals surface area contributed by atoms with E-state index >= 15 is 0 Å². The maximum Gasteiger partial charge on any atom is 0.276 e. The van der Waals surface area contributed by atoms with E-state index in [1.165, 1.54) is 6.08 Å². The molecule has 1 atom stereocenters. The fourth-order valence-electron chi connectivity index (χ4n) is 4.48. The molecule has 10 nitrogen and oxygen atoms in total. The number of hydrogen-bond donors (Lipinski definition) is 1. The Morgan fingerprint density at radius 2 is 2.12 bits per heavy atom. The van der Waals surface area contributed by atoms with Crippen LogP contribution in [0.5, 0.6) is 5.88 Å². The van der Waals surface area contributed by atoms with Crippen LogP contribution in [0.3, 0.4) is 0 Å². The van der Waals surface area contributed by atoms with E-state index in [0.717, 1.165) is 24.9 Å². The lowest BCUT2D eigenvalue weighted by molar-refractivity contribution is -0.125. The van der Waals surface area contributed by atoms with Gasteiger partial charge in [-0.15, -0.1) is 5.10 Å². The van der Waals surface area contributed by atoms with Crippen LogP contribution >= 0.6 is 0 Å². The van der Waals surface area contributed by atoms with Gasteiger partial charge in [0.25, 0.3) is 11.4 Å². The predicted octanol–water partition coefficient (Wildman–Crippen LogP) is 2.05. The highest BCUT2D eigenvalue weighted by Crippen LogP contribution is 2.38. The number of aryl methyl sites for hydroxylation is 1. The first kappa shape index (κ1) is 20.3. The molecule has 5 rings (SSSR count). The van der Waals surface area contributed by atoms with Gasteiger partial charge in [-0.25, -0.2) is 4.98 Å². The van der Waals surface area contributed by atoms with Crippen molar-refractivity contribution in [3.8, 4) is 5.88 Å². The molecular weight excluding hydrogens is 410 g/mol. The molecule has 168 valence electrons. The number of ether oxygens (including phenoxy) is 1. The van der Waals surface area contributed by atoms with Crippen molar-refractivity contribution >= 4 is 28.3 Å². The quantitative estimate of drug-likeness (QED) is 0.568.